The van der Waals surface area contributed by atoms with Gasteiger partial charge in [0.25, 0.3) is 5.91 Å². The zero-order valence-electron chi connectivity index (χ0n) is 20.8. The Labute approximate surface area is 224 Å². The lowest BCUT2D eigenvalue weighted by molar-refractivity contribution is 0.0956. The molecule has 5 aromatic rings. The summed E-state index contributed by atoms with van der Waals surface area (Å²) in [6.07, 6.45) is 1.47. The Hall–Kier alpha value is -4.67. The van der Waals surface area contributed by atoms with Gasteiger partial charge in [-0.15, -0.1) is 0 Å². The van der Waals surface area contributed by atoms with E-state index in [4.69, 9.17) is 4.42 Å². The van der Waals surface area contributed by atoms with Crippen molar-refractivity contribution in [1.29, 1.82) is 0 Å². The SMILES string of the molecule is C/C(=N\NC(=O)c1cc(-c2ccc(F)cc2)nc2ccccc12)c1ccc(S(=O)(=O)NCc2ccco2)cc1. The van der Waals surface area contributed by atoms with Gasteiger partial charge in [-0.05, 0) is 73.2 Å². The van der Waals surface area contributed by atoms with Crippen LogP contribution in [0.2, 0.25) is 0 Å². The highest BCUT2D eigenvalue weighted by Gasteiger charge is 2.16. The quantitative estimate of drug-likeness (QED) is 0.205. The molecule has 0 bridgehead atoms. The van der Waals surface area contributed by atoms with Gasteiger partial charge >= 0.3 is 0 Å². The molecule has 0 unspecified atom stereocenters. The number of sulfonamides is 1. The van der Waals surface area contributed by atoms with Gasteiger partial charge < -0.3 is 4.42 Å². The molecule has 8 nitrogen and oxygen atoms in total. The fraction of sp³-hybridized carbons (Fsp3) is 0.0690. The maximum absolute atomic E-state index is 13.4. The summed E-state index contributed by atoms with van der Waals surface area (Å²) in [5.41, 5.74) is 5.86. The number of fused-ring (bicyclic) bond motifs is 1. The van der Waals surface area contributed by atoms with Crippen LogP contribution in [-0.2, 0) is 16.6 Å². The number of rotatable bonds is 8. The minimum absolute atomic E-state index is 0.0379. The fourth-order valence-corrected chi connectivity index (χ4v) is 4.92. The Morgan fingerprint density at radius 2 is 1.72 bits per heavy atom. The van der Waals surface area contributed by atoms with E-state index in [0.29, 0.717) is 44.8 Å². The molecule has 5 rings (SSSR count). The molecule has 3 aromatic carbocycles. The molecule has 39 heavy (non-hydrogen) atoms. The van der Waals surface area contributed by atoms with Crippen molar-refractivity contribution in [1.82, 2.24) is 15.1 Å². The summed E-state index contributed by atoms with van der Waals surface area (Å²) in [6.45, 7) is 1.74. The highest BCUT2D eigenvalue weighted by Crippen LogP contribution is 2.25. The lowest BCUT2D eigenvalue weighted by Crippen LogP contribution is -2.23. The number of furan rings is 1. The number of benzene rings is 3. The molecule has 10 heteroatoms. The maximum atomic E-state index is 13.4. The van der Waals surface area contributed by atoms with Crippen molar-refractivity contribution < 1.29 is 22.0 Å². The largest absolute Gasteiger partial charge is 0.468 e. The molecule has 1 amide bonds. The average Bonchev–Trinajstić information content (AvgIpc) is 3.48. The number of hydrogen-bond acceptors (Lipinski definition) is 6. The molecular formula is C29H23FN4O4S. The number of hydrogen-bond donors (Lipinski definition) is 2. The number of amides is 1. The second-order valence-corrected chi connectivity index (χ2v) is 10.4. The van der Waals surface area contributed by atoms with E-state index in [1.54, 1.807) is 61.5 Å². The number of nitrogens with zero attached hydrogens (tertiary/aromatic N) is 2. The van der Waals surface area contributed by atoms with Crippen LogP contribution < -0.4 is 10.1 Å². The van der Waals surface area contributed by atoms with Crippen LogP contribution in [0.15, 0.2) is 112 Å². The average molecular weight is 543 g/mol. The zero-order valence-corrected chi connectivity index (χ0v) is 21.6. The van der Waals surface area contributed by atoms with E-state index >= 15 is 0 Å². The van der Waals surface area contributed by atoms with Crippen LogP contribution in [0.5, 0.6) is 0 Å². The molecule has 2 N–H and O–H groups in total. The lowest BCUT2D eigenvalue weighted by atomic mass is 10.0. The van der Waals surface area contributed by atoms with Crippen molar-refractivity contribution in [3.63, 3.8) is 0 Å². The molecular weight excluding hydrogens is 519 g/mol. The predicted octanol–water partition coefficient (Wildman–Crippen LogP) is 5.27. The minimum Gasteiger partial charge on any atom is -0.468 e. The first-order valence-corrected chi connectivity index (χ1v) is 13.4. The standard InChI is InChI=1S/C29H23FN4O4S/c1-19(20-10-14-24(15-11-20)39(36,37)31-18-23-5-4-16-38-23)33-34-29(35)26-17-28(21-8-12-22(30)13-9-21)32-27-7-3-2-6-25(26)27/h2-17,31H,18H2,1H3,(H,34,35)/b33-19+. The monoisotopic (exact) mass is 542 g/mol. The summed E-state index contributed by atoms with van der Waals surface area (Å²) >= 11 is 0. The van der Waals surface area contributed by atoms with Gasteiger partial charge in [-0.1, -0.05) is 30.3 Å². The second-order valence-electron chi connectivity index (χ2n) is 8.65. The Morgan fingerprint density at radius 1 is 0.974 bits per heavy atom. The van der Waals surface area contributed by atoms with Crippen molar-refractivity contribution in [2.45, 2.75) is 18.4 Å². The molecule has 0 atom stereocenters. The van der Waals surface area contributed by atoms with Crippen LogP contribution >= 0.6 is 0 Å². The van der Waals surface area contributed by atoms with Gasteiger partial charge in [0.1, 0.15) is 11.6 Å². The number of pyridine rings is 1. The Bertz CT molecular complexity index is 1770. The fourth-order valence-electron chi connectivity index (χ4n) is 3.93. The van der Waals surface area contributed by atoms with Gasteiger partial charge in [0.15, 0.2) is 0 Å². The van der Waals surface area contributed by atoms with Gasteiger partial charge in [0.05, 0.1) is 40.2 Å². The summed E-state index contributed by atoms with van der Waals surface area (Å²) in [7, 11) is -3.74. The van der Waals surface area contributed by atoms with Crippen molar-refractivity contribution in [2.75, 3.05) is 0 Å². The van der Waals surface area contributed by atoms with Crippen LogP contribution in [0.25, 0.3) is 22.2 Å². The van der Waals surface area contributed by atoms with Gasteiger partial charge in [-0.25, -0.2) is 27.9 Å². The number of nitrogens with one attached hydrogen (secondary N) is 2. The summed E-state index contributed by atoms with van der Waals surface area (Å²) in [4.78, 5) is 17.9. The summed E-state index contributed by atoms with van der Waals surface area (Å²) in [5, 5.41) is 4.87. The van der Waals surface area contributed by atoms with Crippen molar-refractivity contribution in [3.8, 4) is 11.3 Å². The molecule has 2 heterocycles. The first-order valence-electron chi connectivity index (χ1n) is 11.9. The van der Waals surface area contributed by atoms with E-state index in [9.17, 15) is 17.6 Å². The number of hydrazone groups is 1. The number of para-hydroxylation sites is 1. The molecule has 2 aromatic heterocycles. The van der Waals surface area contributed by atoms with Gasteiger partial charge in [0.2, 0.25) is 10.0 Å². The summed E-state index contributed by atoms with van der Waals surface area (Å²) < 4.78 is 46.2. The number of carbonyl (C=O) groups excluding carboxylic acids is 1. The normalized spacial score (nSPS) is 12.0. The van der Waals surface area contributed by atoms with Crippen molar-refractivity contribution >= 4 is 32.5 Å². The number of carbonyl (C=O) groups is 1. The summed E-state index contributed by atoms with van der Waals surface area (Å²) in [5.74, 6) is -0.309. The molecule has 196 valence electrons. The van der Waals surface area contributed by atoms with E-state index in [0.717, 1.165) is 0 Å². The molecule has 0 fully saturated rings. The van der Waals surface area contributed by atoms with Crippen LogP contribution in [0.4, 0.5) is 4.39 Å². The number of halogens is 1. The Balaban J connectivity index is 1.34. The van der Waals surface area contributed by atoms with Crippen LogP contribution in [0.1, 0.15) is 28.6 Å². The van der Waals surface area contributed by atoms with Crippen LogP contribution in [-0.4, -0.2) is 25.0 Å². The molecule has 0 saturated heterocycles. The van der Waals surface area contributed by atoms with E-state index < -0.39 is 15.9 Å². The minimum atomic E-state index is -3.74. The van der Waals surface area contributed by atoms with E-state index in [-0.39, 0.29) is 17.3 Å². The smallest absolute Gasteiger partial charge is 0.272 e. The summed E-state index contributed by atoms with van der Waals surface area (Å²) in [6, 6.07) is 24.3. The Morgan fingerprint density at radius 3 is 2.44 bits per heavy atom. The topological polar surface area (TPSA) is 114 Å². The van der Waals surface area contributed by atoms with Gasteiger partial charge in [-0.2, -0.15) is 5.10 Å². The van der Waals surface area contributed by atoms with Gasteiger partial charge in [-0.3, -0.25) is 4.79 Å². The zero-order chi connectivity index (χ0) is 27.4. The maximum Gasteiger partial charge on any atom is 0.272 e. The van der Waals surface area contributed by atoms with Crippen molar-refractivity contribution in [3.05, 3.63) is 120 Å². The predicted molar refractivity (Wildman–Crippen MR) is 146 cm³/mol. The molecule has 0 aliphatic rings. The molecule has 0 aliphatic carbocycles. The second kappa shape index (κ2) is 11.0. The van der Waals surface area contributed by atoms with Crippen LogP contribution in [0.3, 0.4) is 0 Å². The molecule has 0 saturated carbocycles. The third kappa shape index (κ3) is 5.92. The van der Waals surface area contributed by atoms with E-state index in [1.165, 1.54) is 30.5 Å². The lowest BCUT2D eigenvalue weighted by Gasteiger charge is -2.10. The first kappa shape index (κ1) is 26.0. The van der Waals surface area contributed by atoms with Gasteiger partial charge in [0, 0.05) is 10.9 Å². The molecule has 0 radical (unpaired) electrons. The molecule has 0 spiro atoms. The van der Waals surface area contributed by atoms with E-state index in [2.05, 4.69) is 20.2 Å². The highest BCUT2D eigenvalue weighted by molar-refractivity contribution is 7.89. The number of aromatic nitrogens is 1. The third-order valence-corrected chi connectivity index (χ3v) is 7.44. The van der Waals surface area contributed by atoms with E-state index in [1.807, 2.05) is 12.1 Å². The first-order chi connectivity index (χ1) is 18.8. The van der Waals surface area contributed by atoms with Crippen LogP contribution in [0, 0.1) is 5.82 Å². The Kier molecular flexibility index (Phi) is 7.31. The van der Waals surface area contributed by atoms with Crippen molar-refractivity contribution in [2.24, 2.45) is 5.10 Å². The third-order valence-electron chi connectivity index (χ3n) is 6.02. The molecule has 0 aliphatic heterocycles. The highest BCUT2D eigenvalue weighted by atomic mass is 32.2.